The minimum atomic E-state index is -0.187. The third kappa shape index (κ3) is 5.50. The summed E-state index contributed by atoms with van der Waals surface area (Å²) in [5.41, 5.74) is 1.09. The van der Waals surface area contributed by atoms with Gasteiger partial charge in [0.1, 0.15) is 17.7 Å². The molecule has 3 aromatic rings. The first-order valence-electron chi connectivity index (χ1n) is 9.86. The van der Waals surface area contributed by atoms with E-state index in [-0.39, 0.29) is 11.9 Å². The number of hydrogen-bond acceptors (Lipinski definition) is 4. The van der Waals surface area contributed by atoms with Crippen molar-refractivity contribution in [2.75, 3.05) is 37.6 Å². The van der Waals surface area contributed by atoms with Crippen LogP contribution >= 0.6 is 22.9 Å². The highest BCUT2D eigenvalue weighted by Crippen LogP contribution is 2.29. The second-order valence-electron chi connectivity index (χ2n) is 7.17. The van der Waals surface area contributed by atoms with Gasteiger partial charge in [-0.15, -0.1) is 11.3 Å². The van der Waals surface area contributed by atoms with E-state index in [2.05, 4.69) is 27.3 Å². The van der Waals surface area contributed by atoms with Gasteiger partial charge in [0, 0.05) is 54.7 Å². The maximum absolute atomic E-state index is 13.1. The highest BCUT2D eigenvalue weighted by Gasteiger charge is 2.20. The van der Waals surface area contributed by atoms with Crippen LogP contribution in [0.1, 0.15) is 17.4 Å². The summed E-state index contributed by atoms with van der Waals surface area (Å²) in [5.74, 6) is 0.654. The number of benzene rings is 2. The van der Waals surface area contributed by atoms with Gasteiger partial charge in [-0.1, -0.05) is 17.7 Å². The van der Waals surface area contributed by atoms with Crippen LogP contribution in [-0.2, 0) is 0 Å². The lowest BCUT2D eigenvalue weighted by Crippen LogP contribution is -2.46. The minimum Gasteiger partial charge on any atom is -0.485 e. The molecule has 3 nitrogen and oxygen atoms in total. The second kappa shape index (κ2) is 9.61. The predicted molar refractivity (Wildman–Crippen MR) is 119 cm³/mol. The molecule has 152 valence electrons. The Morgan fingerprint density at radius 2 is 1.69 bits per heavy atom. The maximum Gasteiger partial charge on any atom is 0.134 e. The first-order chi connectivity index (χ1) is 14.2. The number of thiophene rings is 1. The molecule has 0 amide bonds. The topological polar surface area (TPSA) is 15.7 Å². The molecule has 2 heterocycles. The summed E-state index contributed by atoms with van der Waals surface area (Å²) in [6.45, 7) is 4.87. The number of ether oxygens (including phenoxy) is 1. The average molecular weight is 431 g/mol. The maximum atomic E-state index is 13.1. The van der Waals surface area contributed by atoms with Gasteiger partial charge >= 0.3 is 0 Å². The lowest BCUT2D eigenvalue weighted by molar-refractivity contribution is 0.163. The Hall–Kier alpha value is -2.08. The van der Waals surface area contributed by atoms with Crippen LogP contribution in [-0.4, -0.2) is 37.6 Å². The van der Waals surface area contributed by atoms with Crippen molar-refractivity contribution < 1.29 is 9.13 Å². The van der Waals surface area contributed by atoms with Crippen molar-refractivity contribution in [1.29, 1.82) is 0 Å². The Morgan fingerprint density at radius 3 is 2.34 bits per heavy atom. The Kier molecular flexibility index (Phi) is 6.70. The van der Waals surface area contributed by atoms with Gasteiger partial charge in [-0.3, -0.25) is 4.90 Å². The van der Waals surface area contributed by atoms with Crippen LogP contribution in [0.15, 0.2) is 66.0 Å². The molecule has 1 aliphatic heterocycles. The van der Waals surface area contributed by atoms with Crippen molar-refractivity contribution >= 4 is 28.6 Å². The quantitative estimate of drug-likeness (QED) is 0.466. The van der Waals surface area contributed by atoms with Crippen LogP contribution in [0.25, 0.3) is 0 Å². The number of rotatable bonds is 7. The zero-order valence-electron chi connectivity index (χ0n) is 16.1. The molecular weight excluding hydrogens is 407 g/mol. The lowest BCUT2D eigenvalue weighted by atomic mass is 10.1. The van der Waals surface area contributed by atoms with Crippen LogP contribution < -0.4 is 9.64 Å². The van der Waals surface area contributed by atoms with Crippen LogP contribution in [0.2, 0.25) is 5.02 Å². The molecule has 1 aromatic heterocycles. The molecule has 0 unspecified atom stereocenters. The summed E-state index contributed by atoms with van der Waals surface area (Å²) in [5, 5.41) is 2.80. The fraction of sp³-hybridized carbons (Fsp3) is 0.304. The lowest BCUT2D eigenvalue weighted by Gasteiger charge is -2.36. The Labute approximate surface area is 180 Å². The summed E-state index contributed by atoms with van der Waals surface area (Å²) >= 11 is 7.72. The van der Waals surface area contributed by atoms with Crippen LogP contribution in [0, 0.1) is 5.82 Å². The predicted octanol–water partition coefficient (Wildman–Crippen LogP) is 5.87. The van der Waals surface area contributed by atoms with E-state index in [9.17, 15) is 4.39 Å². The first-order valence-corrected chi connectivity index (χ1v) is 11.1. The standard InChI is InChI=1S/C23H24ClFN2OS/c24-18-3-9-21(10-4-18)28-22(23-2-1-17-29-23)11-12-26-13-15-27(16-14-26)20-7-5-19(25)6-8-20/h1-10,17,22H,11-16H2/t22-/m1/s1. The van der Waals surface area contributed by atoms with E-state index in [0.717, 1.165) is 50.6 Å². The molecule has 0 N–H and O–H groups in total. The van der Waals surface area contributed by atoms with Crippen molar-refractivity contribution in [1.82, 2.24) is 4.90 Å². The van der Waals surface area contributed by atoms with E-state index in [0.29, 0.717) is 5.02 Å². The molecular formula is C23H24ClFN2OS. The Morgan fingerprint density at radius 1 is 0.966 bits per heavy atom. The molecule has 0 aliphatic carbocycles. The number of anilines is 1. The van der Waals surface area contributed by atoms with Crippen molar-refractivity contribution in [3.8, 4) is 5.75 Å². The van der Waals surface area contributed by atoms with E-state index in [1.165, 1.54) is 17.0 Å². The van der Waals surface area contributed by atoms with Crippen molar-refractivity contribution in [2.24, 2.45) is 0 Å². The first kappa shape index (κ1) is 20.2. The van der Waals surface area contributed by atoms with Gasteiger partial charge in [0.15, 0.2) is 0 Å². The van der Waals surface area contributed by atoms with E-state index >= 15 is 0 Å². The van der Waals surface area contributed by atoms with Crippen molar-refractivity contribution in [3.63, 3.8) is 0 Å². The highest BCUT2D eigenvalue weighted by molar-refractivity contribution is 7.10. The number of nitrogens with zero attached hydrogens (tertiary/aromatic N) is 2. The molecule has 0 spiro atoms. The van der Waals surface area contributed by atoms with Crippen LogP contribution in [0.3, 0.4) is 0 Å². The fourth-order valence-electron chi connectivity index (χ4n) is 3.59. The van der Waals surface area contributed by atoms with Gasteiger partial charge in [0.25, 0.3) is 0 Å². The van der Waals surface area contributed by atoms with Gasteiger partial charge in [0.05, 0.1) is 0 Å². The number of hydrogen-bond donors (Lipinski definition) is 0. The van der Waals surface area contributed by atoms with Gasteiger partial charge in [0.2, 0.25) is 0 Å². The number of piperazine rings is 1. The summed E-state index contributed by atoms with van der Waals surface area (Å²) in [7, 11) is 0. The van der Waals surface area contributed by atoms with Gasteiger partial charge in [-0.2, -0.15) is 0 Å². The molecule has 6 heteroatoms. The van der Waals surface area contributed by atoms with Crippen LogP contribution in [0.5, 0.6) is 5.75 Å². The largest absolute Gasteiger partial charge is 0.485 e. The normalized spacial score (nSPS) is 16.0. The fourth-order valence-corrected chi connectivity index (χ4v) is 4.51. The zero-order chi connectivity index (χ0) is 20.1. The molecule has 1 fully saturated rings. The van der Waals surface area contributed by atoms with Crippen LogP contribution in [0.4, 0.5) is 10.1 Å². The zero-order valence-corrected chi connectivity index (χ0v) is 17.7. The highest BCUT2D eigenvalue weighted by atomic mass is 35.5. The third-order valence-corrected chi connectivity index (χ3v) is 6.44. The Balaban J connectivity index is 1.32. The molecule has 0 saturated carbocycles. The minimum absolute atomic E-state index is 0.0336. The molecule has 0 bridgehead atoms. The van der Waals surface area contributed by atoms with Crippen molar-refractivity contribution in [2.45, 2.75) is 12.5 Å². The molecule has 1 saturated heterocycles. The number of halogens is 2. The van der Waals surface area contributed by atoms with Crippen molar-refractivity contribution in [3.05, 3.63) is 81.8 Å². The van der Waals surface area contributed by atoms with E-state index in [1.807, 2.05) is 36.4 Å². The van der Waals surface area contributed by atoms with Gasteiger partial charge in [-0.25, -0.2) is 4.39 Å². The second-order valence-corrected chi connectivity index (χ2v) is 8.59. The molecule has 29 heavy (non-hydrogen) atoms. The van der Waals surface area contributed by atoms with E-state index < -0.39 is 0 Å². The summed E-state index contributed by atoms with van der Waals surface area (Å²) in [6, 6.07) is 18.5. The summed E-state index contributed by atoms with van der Waals surface area (Å²) in [4.78, 5) is 6.04. The van der Waals surface area contributed by atoms with Gasteiger partial charge < -0.3 is 9.64 Å². The third-order valence-electron chi connectivity index (χ3n) is 5.22. The van der Waals surface area contributed by atoms with E-state index in [4.69, 9.17) is 16.3 Å². The SMILES string of the molecule is Fc1ccc(N2CCN(CC[C@@H](Oc3ccc(Cl)cc3)c3cccs3)CC2)cc1. The Bertz CT molecular complexity index is 878. The molecule has 1 aliphatic rings. The molecule has 4 rings (SSSR count). The summed E-state index contributed by atoms with van der Waals surface area (Å²) < 4.78 is 19.4. The molecule has 0 radical (unpaired) electrons. The average Bonchev–Trinajstić information content (AvgIpc) is 3.28. The molecule has 1 atom stereocenters. The smallest absolute Gasteiger partial charge is 0.134 e. The summed E-state index contributed by atoms with van der Waals surface area (Å²) in [6.07, 6.45) is 0.964. The van der Waals surface area contributed by atoms with E-state index in [1.54, 1.807) is 11.3 Å². The molecule has 2 aromatic carbocycles. The van der Waals surface area contributed by atoms with Gasteiger partial charge in [-0.05, 0) is 60.0 Å². The monoisotopic (exact) mass is 430 g/mol.